The van der Waals surface area contributed by atoms with E-state index in [-0.39, 0.29) is 13.0 Å². The minimum Gasteiger partial charge on any atom is -0.550 e. The van der Waals surface area contributed by atoms with Gasteiger partial charge < -0.3 is 19.5 Å². The van der Waals surface area contributed by atoms with E-state index in [9.17, 15) is 9.90 Å². The maximum absolute atomic E-state index is 10.1. The van der Waals surface area contributed by atoms with Crippen LogP contribution >= 0.6 is 0 Å². The van der Waals surface area contributed by atoms with Crippen molar-refractivity contribution >= 4 is 5.97 Å². The molecular formula is C13H21NO3. The largest absolute Gasteiger partial charge is 0.550 e. The van der Waals surface area contributed by atoms with Crippen molar-refractivity contribution in [3.63, 3.8) is 0 Å². The molecule has 0 bridgehead atoms. The van der Waals surface area contributed by atoms with Gasteiger partial charge in [-0.2, -0.15) is 0 Å². The fraction of sp³-hybridized carbons (Fsp3) is 0.462. The molecule has 0 aliphatic heterocycles. The lowest BCUT2D eigenvalue weighted by molar-refractivity contribution is -0.870. The molecule has 0 unspecified atom stereocenters. The molecule has 96 valence electrons. The van der Waals surface area contributed by atoms with E-state index in [1.165, 1.54) is 0 Å². The molecule has 0 spiro atoms. The first-order valence-corrected chi connectivity index (χ1v) is 5.50. The van der Waals surface area contributed by atoms with Crippen LogP contribution in [-0.2, 0) is 11.2 Å². The molecule has 0 aliphatic rings. The van der Waals surface area contributed by atoms with Crippen LogP contribution in [-0.4, -0.2) is 49.9 Å². The average Bonchev–Trinajstić information content (AvgIpc) is 2.17. The first kappa shape index (κ1) is 15.6. The van der Waals surface area contributed by atoms with Crippen LogP contribution in [0.4, 0.5) is 0 Å². The zero-order valence-corrected chi connectivity index (χ0v) is 10.7. The summed E-state index contributed by atoms with van der Waals surface area (Å²) in [6.07, 6.45) is 0.000833. The number of carbonyl (C=O) groups excluding carboxylic acids is 1. The fourth-order valence-electron chi connectivity index (χ4n) is 1.06. The molecule has 0 atom stereocenters. The Morgan fingerprint density at radius 1 is 1.24 bits per heavy atom. The number of benzene rings is 1. The van der Waals surface area contributed by atoms with Crippen molar-refractivity contribution in [3.8, 4) is 0 Å². The average molecular weight is 239 g/mol. The number of aliphatic hydroxyl groups excluding tert-OH is 1. The molecular weight excluding hydrogens is 218 g/mol. The van der Waals surface area contributed by atoms with Gasteiger partial charge >= 0.3 is 0 Å². The van der Waals surface area contributed by atoms with E-state index < -0.39 is 5.97 Å². The molecule has 0 heterocycles. The third-order valence-corrected chi connectivity index (χ3v) is 1.96. The molecule has 0 saturated heterocycles. The Bertz CT molecular complexity index is 317. The molecule has 1 aromatic carbocycles. The molecule has 0 radical (unpaired) electrons. The van der Waals surface area contributed by atoms with Crippen LogP contribution in [0.3, 0.4) is 0 Å². The lowest BCUT2D eigenvalue weighted by Gasteiger charge is -2.21. The van der Waals surface area contributed by atoms with Gasteiger partial charge in [0.15, 0.2) is 0 Å². The summed E-state index contributed by atoms with van der Waals surface area (Å²) < 4.78 is 0.844. The highest BCUT2D eigenvalue weighted by molar-refractivity contribution is 5.67. The van der Waals surface area contributed by atoms with Gasteiger partial charge in [-0.15, -0.1) is 0 Å². The van der Waals surface area contributed by atoms with E-state index in [0.29, 0.717) is 0 Å². The number of hydrogen-bond donors (Lipinski definition) is 1. The molecule has 17 heavy (non-hydrogen) atoms. The summed E-state index contributed by atoms with van der Waals surface area (Å²) in [6.45, 7) is 1.11. The van der Waals surface area contributed by atoms with Gasteiger partial charge in [0.05, 0.1) is 27.7 Å². The predicted molar refractivity (Wildman–Crippen MR) is 65.1 cm³/mol. The number of carbonyl (C=O) groups is 1. The van der Waals surface area contributed by atoms with Crippen molar-refractivity contribution < 1.29 is 19.5 Å². The highest BCUT2D eigenvalue weighted by Gasteiger charge is 2.02. The molecule has 4 nitrogen and oxygen atoms in total. The van der Waals surface area contributed by atoms with Crippen molar-refractivity contribution in [3.05, 3.63) is 35.9 Å². The standard InChI is InChI=1S/C8H8O2.C5H14NO/c9-8(10)6-7-4-2-1-3-5-7;1-6(2,3)4-5-7/h1-5H,6H2,(H,9,10);7H,4-5H2,1-3H3/q;+1/p-1. The smallest absolute Gasteiger partial charge is 0.101 e. The minimum absolute atomic E-state index is 0.000833. The third-order valence-electron chi connectivity index (χ3n) is 1.96. The van der Waals surface area contributed by atoms with E-state index >= 15 is 0 Å². The van der Waals surface area contributed by atoms with Gasteiger partial charge in [0.25, 0.3) is 0 Å². The second kappa shape index (κ2) is 7.81. The molecule has 0 aromatic heterocycles. The number of carboxylic acids is 1. The summed E-state index contributed by atoms with van der Waals surface area (Å²) in [5.41, 5.74) is 0.780. The summed E-state index contributed by atoms with van der Waals surface area (Å²) in [7, 11) is 6.16. The van der Waals surface area contributed by atoms with Crippen molar-refractivity contribution in [1.29, 1.82) is 0 Å². The number of carboxylic acid groups (broad SMARTS) is 1. The molecule has 0 amide bonds. The topological polar surface area (TPSA) is 60.4 Å². The van der Waals surface area contributed by atoms with Crippen LogP contribution in [0.2, 0.25) is 0 Å². The molecule has 0 aliphatic carbocycles. The highest BCUT2D eigenvalue weighted by atomic mass is 16.4. The normalized spacial score (nSPS) is 10.4. The quantitative estimate of drug-likeness (QED) is 0.732. The van der Waals surface area contributed by atoms with E-state index in [2.05, 4.69) is 21.1 Å². The van der Waals surface area contributed by atoms with Gasteiger partial charge in [-0.25, -0.2) is 0 Å². The second-order valence-electron chi connectivity index (χ2n) is 4.77. The Balaban J connectivity index is 0.000000325. The second-order valence-corrected chi connectivity index (χ2v) is 4.77. The molecule has 0 fully saturated rings. The minimum atomic E-state index is -1.04. The van der Waals surface area contributed by atoms with Crippen molar-refractivity contribution in [2.24, 2.45) is 0 Å². The van der Waals surface area contributed by atoms with E-state index in [4.69, 9.17) is 5.11 Å². The Morgan fingerprint density at radius 3 is 2.06 bits per heavy atom. The lowest BCUT2D eigenvalue weighted by atomic mass is 10.2. The third kappa shape index (κ3) is 10.9. The van der Waals surface area contributed by atoms with Gasteiger partial charge in [-0.3, -0.25) is 0 Å². The van der Waals surface area contributed by atoms with Crippen LogP contribution in [0.25, 0.3) is 0 Å². The summed E-state index contributed by atoms with van der Waals surface area (Å²) >= 11 is 0. The van der Waals surface area contributed by atoms with Gasteiger partial charge in [-0.1, -0.05) is 30.3 Å². The molecule has 0 saturated carbocycles. The number of nitrogens with zero attached hydrogens (tertiary/aromatic N) is 1. The molecule has 1 aromatic rings. The Hall–Kier alpha value is -1.39. The number of likely N-dealkylation sites (N-methyl/N-ethyl adjacent to an activating group) is 1. The van der Waals surface area contributed by atoms with Crippen LogP contribution in [0.5, 0.6) is 0 Å². The van der Waals surface area contributed by atoms with Crippen LogP contribution in [0.1, 0.15) is 5.56 Å². The van der Waals surface area contributed by atoms with Crippen LogP contribution in [0.15, 0.2) is 30.3 Å². The fourth-order valence-corrected chi connectivity index (χ4v) is 1.06. The van der Waals surface area contributed by atoms with Gasteiger partial charge in [-0.05, 0) is 5.56 Å². The van der Waals surface area contributed by atoms with Crippen LogP contribution < -0.4 is 5.11 Å². The Morgan fingerprint density at radius 2 is 1.76 bits per heavy atom. The maximum atomic E-state index is 10.1. The Kier molecular flexibility index (Phi) is 7.18. The number of hydrogen-bond acceptors (Lipinski definition) is 3. The first-order valence-electron chi connectivity index (χ1n) is 5.50. The van der Waals surface area contributed by atoms with E-state index in [1.54, 1.807) is 24.3 Å². The van der Waals surface area contributed by atoms with Crippen LogP contribution in [0, 0.1) is 0 Å². The van der Waals surface area contributed by atoms with Gasteiger partial charge in [0, 0.05) is 12.4 Å². The van der Waals surface area contributed by atoms with Crippen molar-refractivity contribution in [2.45, 2.75) is 6.42 Å². The summed E-state index contributed by atoms with van der Waals surface area (Å²) in [6, 6.07) is 8.97. The molecule has 1 N–H and O–H groups in total. The maximum Gasteiger partial charge on any atom is 0.101 e. The predicted octanol–water partition coefficient (Wildman–Crippen LogP) is -0.336. The summed E-state index contributed by atoms with van der Waals surface area (Å²) in [5.74, 6) is -1.04. The SMILES string of the molecule is C[N+](C)(C)CCO.O=C([O-])Cc1ccccc1. The van der Waals surface area contributed by atoms with Gasteiger partial charge in [0.1, 0.15) is 6.54 Å². The summed E-state index contributed by atoms with van der Waals surface area (Å²) in [4.78, 5) is 10.1. The first-order chi connectivity index (χ1) is 7.85. The van der Waals surface area contributed by atoms with E-state index in [1.807, 2.05) is 6.07 Å². The number of aliphatic hydroxyl groups is 1. The zero-order valence-electron chi connectivity index (χ0n) is 10.7. The summed E-state index contributed by atoms with van der Waals surface area (Å²) in [5, 5.41) is 18.4. The monoisotopic (exact) mass is 239 g/mol. The lowest BCUT2D eigenvalue weighted by Crippen LogP contribution is -2.36. The van der Waals surface area contributed by atoms with Gasteiger partial charge in [0.2, 0.25) is 0 Å². The number of aliphatic carboxylic acids is 1. The number of rotatable bonds is 4. The molecule has 4 heteroatoms. The van der Waals surface area contributed by atoms with E-state index in [0.717, 1.165) is 16.6 Å². The van der Waals surface area contributed by atoms with Crippen molar-refractivity contribution in [1.82, 2.24) is 0 Å². The molecule has 1 rings (SSSR count). The van der Waals surface area contributed by atoms with Crippen molar-refractivity contribution in [2.75, 3.05) is 34.3 Å². The highest BCUT2D eigenvalue weighted by Crippen LogP contribution is 1.97. The number of quaternary nitrogens is 1. The Labute approximate surface area is 103 Å². The zero-order chi connectivity index (χ0) is 13.3.